The first-order chi connectivity index (χ1) is 8.47. The lowest BCUT2D eigenvalue weighted by atomic mass is 10.2. The molecule has 0 aliphatic rings. The Kier molecular flexibility index (Phi) is 5.40. The van der Waals surface area contributed by atoms with Gasteiger partial charge in [0.15, 0.2) is 0 Å². The molecule has 18 heavy (non-hydrogen) atoms. The summed E-state index contributed by atoms with van der Waals surface area (Å²) in [5.74, 6) is -0.304. The zero-order valence-electron chi connectivity index (χ0n) is 10.7. The molecule has 0 spiro atoms. The minimum atomic E-state index is -0.705. The Morgan fingerprint density at radius 3 is 2.78 bits per heavy atom. The van der Waals surface area contributed by atoms with Gasteiger partial charge in [0.05, 0.1) is 23.0 Å². The highest BCUT2D eigenvalue weighted by molar-refractivity contribution is 6.34. The largest absolute Gasteiger partial charge is 0.383 e. The van der Waals surface area contributed by atoms with Gasteiger partial charge in [0.2, 0.25) is 5.91 Å². The van der Waals surface area contributed by atoms with Crippen molar-refractivity contribution < 1.29 is 9.53 Å². The zero-order chi connectivity index (χ0) is 13.7. The van der Waals surface area contributed by atoms with Crippen molar-refractivity contribution in [2.24, 2.45) is 5.73 Å². The number of rotatable bonds is 5. The highest BCUT2D eigenvalue weighted by Crippen LogP contribution is 2.32. The Balaban J connectivity index is 2.91. The van der Waals surface area contributed by atoms with Crippen molar-refractivity contribution in [3.8, 4) is 0 Å². The molecule has 0 radical (unpaired) electrons. The second-order valence-corrected chi connectivity index (χ2v) is 4.49. The SMILES string of the molecule is COCC(N)C(=O)Nc1cccc(Cl)c1N(C)C. The summed E-state index contributed by atoms with van der Waals surface area (Å²) < 4.78 is 4.84. The molecule has 3 N–H and O–H groups in total. The van der Waals surface area contributed by atoms with E-state index < -0.39 is 6.04 Å². The number of amides is 1. The van der Waals surface area contributed by atoms with Gasteiger partial charge in [-0.1, -0.05) is 17.7 Å². The van der Waals surface area contributed by atoms with Gasteiger partial charge in [-0.05, 0) is 12.1 Å². The molecular formula is C12H18ClN3O2. The lowest BCUT2D eigenvalue weighted by Gasteiger charge is -2.20. The van der Waals surface area contributed by atoms with Crippen molar-refractivity contribution >= 4 is 28.9 Å². The molecule has 0 fully saturated rings. The Morgan fingerprint density at radius 2 is 2.22 bits per heavy atom. The van der Waals surface area contributed by atoms with Gasteiger partial charge in [-0.2, -0.15) is 0 Å². The standard InChI is InChI=1S/C12H18ClN3O2/c1-16(2)11-8(13)5-4-6-10(11)15-12(17)9(14)7-18-3/h4-6,9H,7,14H2,1-3H3,(H,15,17). The maximum absolute atomic E-state index is 11.8. The van der Waals surface area contributed by atoms with Crippen LogP contribution in [0.3, 0.4) is 0 Å². The molecule has 1 aromatic carbocycles. The predicted octanol–water partition coefficient (Wildman–Crippen LogP) is 1.32. The van der Waals surface area contributed by atoms with Crippen molar-refractivity contribution in [2.75, 3.05) is 38.0 Å². The molecule has 0 aliphatic heterocycles. The third kappa shape index (κ3) is 3.60. The number of carbonyl (C=O) groups is 1. The van der Waals surface area contributed by atoms with E-state index in [-0.39, 0.29) is 12.5 Å². The smallest absolute Gasteiger partial charge is 0.243 e. The number of para-hydroxylation sites is 1. The predicted molar refractivity (Wildman–Crippen MR) is 74.3 cm³/mol. The molecule has 0 bridgehead atoms. The van der Waals surface area contributed by atoms with Crippen LogP contribution >= 0.6 is 11.6 Å². The molecule has 6 heteroatoms. The molecule has 0 heterocycles. The van der Waals surface area contributed by atoms with Crippen LogP contribution in [0.15, 0.2) is 18.2 Å². The van der Waals surface area contributed by atoms with Crippen molar-refractivity contribution in [1.82, 2.24) is 0 Å². The first-order valence-electron chi connectivity index (χ1n) is 5.48. The molecule has 0 aromatic heterocycles. The van der Waals surface area contributed by atoms with E-state index >= 15 is 0 Å². The van der Waals surface area contributed by atoms with Crippen LogP contribution in [0.5, 0.6) is 0 Å². The van der Waals surface area contributed by atoms with Crippen molar-refractivity contribution in [3.63, 3.8) is 0 Å². The molecule has 1 atom stereocenters. The first-order valence-corrected chi connectivity index (χ1v) is 5.86. The number of nitrogens with zero attached hydrogens (tertiary/aromatic N) is 1. The van der Waals surface area contributed by atoms with Gasteiger partial charge in [-0.25, -0.2) is 0 Å². The summed E-state index contributed by atoms with van der Waals surface area (Å²) in [6.45, 7) is 0.170. The summed E-state index contributed by atoms with van der Waals surface area (Å²) in [6, 6.07) is 4.61. The maximum Gasteiger partial charge on any atom is 0.243 e. The van der Waals surface area contributed by atoms with Gasteiger partial charge >= 0.3 is 0 Å². The third-order valence-electron chi connectivity index (χ3n) is 2.37. The van der Waals surface area contributed by atoms with Crippen LogP contribution in [0.1, 0.15) is 0 Å². The van der Waals surface area contributed by atoms with Crippen LogP contribution in [-0.2, 0) is 9.53 Å². The number of carbonyl (C=O) groups excluding carboxylic acids is 1. The molecule has 0 saturated carbocycles. The minimum absolute atomic E-state index is 0.170. The second kappa shape index (κ2) is 6.58. The van der Waals surface area contributed by atoms with E-state index in [2.05, 4.69) is 5.32 Å². The molecule has 1 amide bonds. The van der Waals surface area contributed by atoms with E-state index in [4.69, 9.17) is 22.1 Å². The van der Waals surface area contributed by atoms with E-state index in [0.717, 1.165) is 5.69 Å². The molecule has 0 saturated heterocycles. The minimum Gasteiger partial charge on any atom is -0.383 e. The van der Waals surface area contributed by atoms with Crippen LogP contribution in [0.25, 0.3) is 0 Å². The summed E-state index contributed by atoms with van der Waals surface area (Å²) in [5.41, 5.74) is 7.03. The number of halogens is 1. The summed E-state index contributed by atoms with van der Waals surface area (Å²) in [6.07, 6.45) is 0. The molecule has 5 nitrogen and oxygen atoms in total. The Bertz CT molecular complexity index is 424. The summed E-state index contributed by atoms with van der Waals surface area (Å²) >= 11 is 6.10. The Labute approximate surface area is 112 Å². The van der Waals surface area contributed by atoms with Crippen molar-refractivity contribution in [3.05, 3.63) is 23.2 Å². The fourth-order valence-electron chi connectivity index (χ4n) is 1.55. The number of ether oxygens (including phenoxy) is 1. The normalized spacial score (nSPS) is 12.1. The average Bonchev–Trinajstić information content (AvgIpc) is 2.28. The fraction of sp³-hybridized carbons (Fsp3) is 0.417. The number of benzene rings is 1. The van der Waals surface area contributed by atoms with Crippen LogP contribution in [0.2, 0.25) is 5.02 Å². The van der Waals surface area contributed by atoms with Gasteiger partial charge in [0.1, 0.15) is 6.04 Å². The van der Waals surface area contributed by atoms with Gasteiger partial charge in [0, 0.05) is 21.2 Å². The monoisotopic (exact) mass is 271 g/mol. The number of hydrogen-bond acceptors (Lipinski definition) is 4. The van der Waals surface area contributed by atoms with Crippen molar-refractivity contribution in [2.45, 2.75) is 6.04 Å². The number of methoxy groups -OCH3 is 1. The second-order valence-electron chi connectivity index (χ2n) is 4.08. The van der Waals surface area contributed by atoms with Crippen LogP contribution < -0.4 is 16.0 Å². The fourth-order valence-corrected chi connectivity index (χ4v) is 1.89. The van der Waals surface area contributed by atoms with Crippen molar-refractivity contribution in [1.29, 1.82) is 0 Å². The summed E-state index contributed by atoms with van der Waals surface area (Å²) in [5, 5.41) is 3.31. The Hall–Kier alpha value is -1.30. The lowest BCUT2D eigenvalue weighted by molar-refractivity contribution is -0.118. The molecule has 100 valence electrons. The highest BCUT2D eigenvalue weighted by atomic mass is 35.5. The first kappa shape index (κ1) is 14.8. The zero-order valence-corrected chi connectivity index (χ0v) is 11.5. The molecule has 0 aliphatic carbocycles. The molecular weight excluding hydrogens is 254 g/mol. The van der Waals surface area contributed by atoms with Crippen LogP contribution in [0, 0.1) is 0 Å². The summed E-state index contributed by atoms with van der Waals surface area (Å²) in [4.78, 5) is 13.6. The average molecular weight is 272 g/mol. The van der Waals surface area contributed by atoms with E-state index in [1.165, 1.54) is 7.11 Å². The molecule has 1 rings (SSSR count). The van der Waals surface area contributed by atoms with E-state index in [1.807, 2.05) is 19.0 Å². The van der Waals surface area contributed by atoms with E-state index in [9.17, 15) is 4.79 Å². The van der Waals surface area contributed by atoms with Gasteiger partial charge in [-0.3, -0.25) is 4.79 Å². The Morgan fingerprint density at radius 1 is 1.56 bits per heavy atom. The number of nitrogens with one attached hydrogen (secondary N) is 1. The quantitative estimate of drug-likeness (QED) is 0.848. The van der Waals surface area contributed by atoms with Crippen LogP contribution in [-0.4, -0.2) is 39.8 Å². The van der Waals surface area contributed by atoms with Crippen LogP contribution in [0.4, 0.5) is 11.4 Å². The van der Waals surface area contributed by atoms with E-state index in [0.29, 0.717) is 10.7 Å². The highest BCUT2D eigenvalue weighted by Gasteiger charge is 2.16. The number of nitrogens with two attached hydrogens (primary N) is 1. The van der Waals surface area contributed by atoms with E-state index in [1.54, 1.807) is 18.2 Å². The topological polar surface area (TPSA) is 67.6 Å². The number of anilines is 2. The number of hydrogen-bond donors (Lipinski definition) is 2. The van der Waals surface area contributed by atoms with Gasteiger partial charge in [-0.15, -0.1) is 0 Å². The third-order valence-corrected chi connectivity index (χ3v) is 2.68. The van der Waals surface area contributed by atoms with Gasteiger partial charge < -0.3 is 20.7 Å². The molecule has 1 unspecified atom stereocenters. The summed E-state index contributed by atoms with van der Waals surface area (Å²) in [7, 11) is 5.20. The lowest BCUT2D eigenvalue weighted by Crippen LogP contribution is -2.39. The molecule has 1 aromatic rings. The maximum atomic E-state index is 11.8. The van der Waals surface area contributed by atoms with Gasteiger partial charge in [0.25, 0.3) is 0 Å².